The van der Waals surface area contributed by atoms with Crippen molar-refractivity contribution in [1.82, 2.24) is 20.4 Å². The summed E-state index contributed by atoms with van der Waals surface area (Å²) < 4.78 is 2.69. The maximum absolute atomic E-state index is 12.1. The van der Waals surface area contributed by atoms with Crippen LogP contribution in [0.3, 0.4) is 0 Å². The van der Waals surface area contributed by atoms with Gasteiger partial charge in [0.15, 0.2) is 0 Å². The van der Waals surface area contributed by atoms with E-state index in [2.05, 4.69) is 31.7 Å². The van der Waals surface area contributed by atoms with Gasteiger partial charge in [-0.15, -0.1) is 0 Å². The number of nitrogens with one attached hydrogen (secondary N) is 2. The number of hydrogen-bond acceptors (Lipinski definition) is 3. The van der Waals surface area contributed by atoms with Crippen LogP contribution in [0.4, 0.5) is 0 Å². The van der Waals surface area contributed by atoms with Crippen molar-refractivity contribution in [2.24, 2.45) is 5.92 Å². The Hall–Kier alpha value is -1.66. The number of halogens is 1. The summed E-state index contributed by atoms with van der Waals surface area (Å²) in [6, 6.07) is 7.81. The van der Waals surface area contributed by atoms with Crippen molar-refractivity contribution >= 4 is 21.8 Å². The zero-order valence-corrected chi connectivity index (χ0v) is 13.8. The summed E-state index contributed by atoms with van der Waals surface area (Å²) >= 11 is 3.44. The molecule has 22 heavy (non-hydrogen) atoms. The smallest absolute Gasteiger partial charge is 0.254 e. The van der Waals surface area contributed by atoms with Gasteiger partial charge in [-0.25, -0.2) is 4.68 Å². The van der Waals surface area contributed by atoms with Crippen molar-refractivity contribution < 1.29 is 4.79 Å². The zero-order chi connectivity index (χ0) is 15.4. The van der Waals surface area contributed by atoms with Crippen LogP contribution < -0.4 is 10.6 Å². The van der Waals surface area contributed by atoms with E-state index < -0.39 is 0 Å². The minimum Gasteiger partial charge on any atom is -0.352 e. The summed E-state index contributed by atoms with van der Waals surface area (Å²) in [7, 11) is 0. The Morgan fingerprint density at radius 1 is 1.50 bits per heavy atom. The van der Waals surface area contributed by atoms with Crippen LogP contribution in [-0.2, 0) is 0 Å². The lowest BCUT2D eigenvalue weighted by Crippen LogP contribution is -2.26. The minimum atomic E-state index is -0.0628. The molecule has 1 saturated heterocycles. The summed E-state index contributed by atoms with van der Waals surface area (Å²) in [6.45, 7) is 2.88. The van der Waals surface area contributed by atoms with E-state index in [1.165, 1.54) is 6.42 Å². The molecule has 1 amide bonds. The fraction of sp³-hybridized carbons (Fsp3) is 0.375. The zero-order valence-electron chi connectivity index (χ0n) is 12.3. The summed E-state index contributed by atoms with van der Waals surface area (Å²) in [6.07, 6.45) is 5.59. The lowest BCUT2D eigenvalue weighted by Gasteiger charge is -2.08. The Labute approximate surface area is 138 Å². The van der Waals surface area contributed by atoms with Gasteiger partial charge in [0.2, 0.25) is 0 Å². The predicted molar refractivity (Wildman–Crippen MR) is 89.2 cm³/mol. The van der Waals surface area contributed by atoms with Crippen LogP contribution in [-0.4, -0.2) is 35.3 Å². The molecule has 0 spiro atoms. The molecule has 1 aliphatic heterocycles. The molecule has 3 rings (SSSR count). The number of rotatable bonds is 5. The van der Waals surface area contributed by atoms with Crippen LogP contribution in [0.15, 0.2) is 41.1 Å². The predicted octanol–water partition coefficient (Wildman–Crippen LogP) is 2.36. The molecule has 1 fully saturated rings. The number of nitrogens with zero attached hydrogens (tertiary/aromatic N) is 2. The Morgan fingerprint density at radius 2 is 2.41 bits per heavy atom. The van der Waals surface area contributed by atoms with Crippen molar-refractivity contribution in [3.63, 3.8) is 0 Å². The minimum absolute atomic E-state index is 0.0628. The highest BCUT2D eigenvalue weighted by atomic mass is 79.9. The van der Waals surface area contributed by atoms with E-state index >= 15 is 0 Å². The van der Waals surface area contributed by atoms with Gasteiger partial charge in [0, 0.05) is 17.2 Å². The second-order valence-corrected chi connectivity index (χ2v) is 6.47. The molecule has 1 aliphatic rings. The van der Waals surface area contributed by atoms with Gasteiger partial charge in [0.25, 0.3) is 5.91 Å². The van der Waals surface area contributed by atoms with Crippen LogP contribution in [0.2, 0.25) is 0 Å². The summed E-state index contributed by atoms with van der Waals surface area (Å²) in [4.78, 5) is 12.1. The molecular weight excluding hydrogens is 344 g/mol. The molecule has 0 radical (unpaired) electrons. The first-order valence-corrected chi connectivity index (χ1v) is 8.31. The second kappa shape index (κ2) is 7.07. The van der Waals surface area contributed by atoms with Crippen LogP contribution in [0.25, 0.3) is 5.69 Å². The lowest BCUT2D eigenvalue weighted by molar-refractivity contribution is 0.0951. The van der Waals surface area contributed by atoms with Crippen molar-refractivity contribution in [3.05, 3.63) is 46.7 Å². The van der Waals surface area contributed by atoms with Crippen molar-refractivity contribution in [3.8, 4) is 5.69 Å². The van der Waals surface area contributed by atoms with E-state index in [1.807, 2.05) is 24.3 Å². The van der Waals surface area contributed by atoms with Gasteiger partial charge in [-0.05, 0) is 50.0 Å². The number of amides is 1. The van der Waals surface area contributed by atoms with E-state index in [0.29, 0.717) is 18.0 Å². The third-order valence-electron chi connectivity index (χ3n) is 3.92. The Balaban J connectivity index is 1.57. The largest absolute Gasteiger partial charge is 0.352 e. The number of aromatic nitrogens is 2. The standard InChI is InChI=1S/C16H19BrN4O/c17-14-2-1-3-15(8-14)21-11-13(10-20-21)16(22)19-7-5-12-4-6-18-9-12/h1-3,8,10-12,18H,4-7,9H2,(H,19,22). The van der Waals surface area contributed by atoms with Crippen LogP contribution in [0.1, 0.15) is 23.2 Å². The maximum Gasteiger partial charge on any atom is 0.254 e. The molecule has 0 aliphatic carbocycles. The first-order chi connectivity index (χ1) is 10.7. The van der Waals surface area contributed by atoms with Crippen LogP contribution in [0, 0.1) is 5.92 Å². The highest BCUT2D eigenvalue weighted by Crippen LogP contribution is 2.15. The van der Waals surface area contributed by atoms with Crippen molar-refractivity contribution in [2.75, 3.05) is 19.6 Å². The van der Waals surface area contributed by atoms with Gasteiger partial charge in [0.05, 0.1) is 17.4 Å². The second-order valence-electron chi connectivity index (χ2n) is 5.56. The van der Waals surface area contributed by atoms with Crippen molar-refractivity contribution in [1.29, 1.82) is 0 Å². The normalized spacial score (nSPS) is 17.6. The van der Waals surface area contributed by atoms with E-state index in [-0.39, 0.29) is 5.91 Å². The first kappa shape index (κ1) is 15.2. The molecule has 1 unspecified atom stereocenters. The van der Waals surface area contributed by atoms with Gasteiger partial charge in [-0.3, -0.25) is 4.79 Å². The van der Waals surface area contributed by atoms with E-state index in [1.54, 1.807) is 17.1 Å². The van der Waals surface area contributed by atoms with Gasteiger partial charge in [0.1, 0.15) is 0 Å². The van der Waals surface area contributed by atoms with E-state index in [9.17, 15) is 4.79 Å². The van der Waals surface area contributed by atoms with Crippen molar-refractivity contribution in [2.45, 2.75) is 12.8 Å². The van der Waals surface area contributed by atoms with E-state index in [4.69, 9.17) is 0 Å². The molecule has 2 N–H and O–H groups in total. The molecule has 1 atom stereocenters. The molecule has 2 heterocycles. The lowest BCUT2D eigenvalue weighted by atomic mass is 10.1. The Morgan fingerprint density at radius 3 is 3.18 bits per heavy atom. The van der Waals surface area contributed by atoms with Gasteiger partial charge in [-0.2, -0.15) is 5.10 Å². The Bertz CT molecular complexity index is 649. The average molecular weight is 363 g/mol. The molecule has 1 aromatic carbocycles. The summed E-state index contributed by atoms with van der Waals surface area (Å²) in [5, 5.41) is 10.6. The molecule has 0 saturated carbocycles. The number of hydrogen-bond donors (Lipinski definition) is 2. The SMILES string of the molecule is O=C(NCCC1CCNC1)c1cnn(-c2cccc(Br)c2)c1. The molecule has 0 bridgehead atoms. The highest BCUT2D eigenvalue weighted by Gasteiger charge is 2.15. The number of carbonyl (C=O) groups is 1. The number of benzene rings is 1. The van der Waals surface area contributed by atoms with Gasteiger partial charge >= 0.3 is 0 Å². The topological polar surface area (TPSA) is 59.0 Å². The van der Waals surface area contributed by atoms with Crippen LogP contribution in [0.5, 0.6) is 0 Å². The third kappa shape index (κ3) is 3.75. The molecule has 6 heteroatoms. The quantitative estimate of drug-likeness (QED) is 0.858. The fourth-order valence-electron chi connectivity index (χ4n) is 2.65. The summed E-state index contributed by atoms with van der Waals surface area (Å²) in [5.74, 6) is 0.622. The first-order valence-electron chi connectivity index (χ1n) is 7.52. The fourth-order valence-corrected chi connectivity index (χ4v) is 3.04. The molecule has 2 aromatic rings. The van der Waals surface area contributed by atoms with Gasteiger partial charge in [-0.1, -0.05) is 22.0 Å². The molecule has 1 aromatic heterocycles. The average Bonchev–Trinajstić information content (AvgIpc) is 3.19. The highest BCUT2D eigenvalue weighted by molar-refractivity contribution is 9.10. The monoisotopic (exact) mass is 362 g/mol. The Kier molecular flexibility index (Phi) is 4.90. The molecular formula is C16H19BrN4O. The maximum atomic E-state index is 12.1. The molecule has 116 valence electrons. The van der Waals surface area contributed by atoms with Gasteiger partial charge < -0.3 is 10.6 Å². The number of carbonyl (C=O) groups excluding carboxylic acids is 1. The van der Waals surface area contributed by atoms with Crippen LogP contribution >= 0.6 is 15.9 Å². The summed E-state index contributed by atoms with van der Waals surface area (Å²) in [5.41, 5.74) is 1.51. The third-order valence-corrected chi connectivity index (χ3v) is 4.41. The van der Waals surface area contributed by atoms with E-state index in [0.717, 1.165) is 29.7 Å². The molecule has 5 nitrogen and oxygen atoms in total.